The molecule has 0 atom stereocenters. The Balaban J connectivity index is 1.64. The van der Waals surface area contributed by atoms with Gasteiger partial charge in [-0.25, -0.2) is 17.5 Å². The summed E-state index contributed by atoms with van der Waals surface area (Å²) < 4.78 is 41.2. The number of thiophene rings is 1. The number of hydrogen-bond acceptors (Lipinski definition) is 5. The molecule has 2 heterocycles. The van der Waals surface area contributed by atoms with Crippen LogP contribution in [0.4, 0.5) is 10.1 Å². The van der Waals surface area contributed by atoms with Crippen LogP contribution in [0.5, 0.6) is 0 Å². The van der Waals surface area contributed by atoms with Crippen LogP contribution in [0.15, 0.2) is 39.0 Å². The topological polar surface area (TPSA) is 52.7 Å². The van der Waals surface area contributed by atoms with Gasteiger partial charge in [-0.05, 0) is 53.3 Å². The highest BCUT2D eigenvalue weighted by atomic mass is 79.9. The van der Waals surface area contributed by atoms with Gasteiger partial charge in [0.1, 0.15) is 5.82 Å². The van der Waals surface area contributed by atoms with Crippen molar-refractivity contribution in [1.82, 2.24) is 9.62 Å². The summed E-state index contributed by atoms with van der Waals surface area (Å²) in [7, 11) is -2.32. The molecule has 136 valence electrons. The van der Waals surface area contributed by atoms with E-state index in [0.717, 1.165) is 29.5 Å². The first-order valence-corrected chi connectivity index (χ1v) is 10.9. The molecule has 0 saturated carbocycles. The number of nitrogens with one attached hydrogen (secondary N) is 1. The highest BCUT2D eigenvalue weighted by molar-refractivity contribution is 9.11. The van der Waals surface area contributed by atoms with Crippen molar-refractivity contribution in [2.45, 2.75) is 11.4 Å². The predicted octanol–water partition coefficient (Wildman–Crippen LogP) is 2.88. The van der Waals surface area contributed by atoms with E-state index < -0.39 is 15.8 Å². The Morgan fingerprint density at radius 3 is 2.48 bits per heavy atom. The molecule has 0 radical (unpaired) electrons. The lowest BCUT2D eigenvalue weighted by Gasteiger charge is -2.36. The van der Waals surface area contributed by atoms with Gasteiger partial charge < -0.3 is 4.90 Å². The standard InChI is InChI=1S/C16H19BrFN3O2S2/c1-19-25(22,23)13-3-4-15(14(18)10-13)21-8-6-20(7-9-21)11-12-2-5-16(17)24-12/h2-5,10,19H,6-9,11H2,1H3. The Morgan fingerprint density at radius 1 is 1.20 bits per heavy atom. The number of anilines is 1. The average molecular weight is 448 g/mol. The average Bonchev–Trinajstić information content (AvgIpc) is 3.00. The third-order valence-corrected chi connectivity index (χ3v) is 7.24. The van der Waals surface area contributed by atoms with Crippen LogP contribution in [0.2, 0.25) is 0 Å². The van der Waals surface area contributed by atoms with E-state index in [-0.39, 0.29) is 4.90 Å². The summed E-state index contributed by atoms with van der Waals surface area (Å²) in [6.45, 7) is 3.99. The first-order chi connectivity index (χ1) is 11.9. The molecule has 1 N–H and O–H groups in total. The number of nitrogens with zero attached hydrogens (tertiary/aromatic N) is 2. The highest BCUT2D eigenvalue weighted by Gasteiger charge is 2.21. The number of rotatable bonds is 5. The van der Waals surface area contributed by atoms with Crippen molar-refractivity contribution in [1.29, 1.82) is 0 Å². The van der Waals surface area contributed by atoms with E-state index in [1.54, 1.807) is 17.4 Å². The number of hydrogen-bond donors (Lipinski definition) is 1. The zero-order valence-electron chi connectivity index (χ0n) is 13.7. The van der Waals surface area contributed by atoms with Crippen LogP contribution in [0, 0.1) is 5.82 Å². The molecule has 1 aromatic heterocycles. The van der Waals surface area contributed by atoms with Gasteiger partial charge in [0.2, 0.25) is 10.0 Å². The second-order valence-corrected chi connectivity index (χ2v) is 10.2. The maximum absolute atomic E-state index is 14.4. The molecule has 0 aliphatic carbocycles. The van der Waals surface area contributed by atoms with Crippen molar-refractivity contribution in [2.75, 3.05) is 38.1 Å². The molecule has 3 rings (SSSR count). The summed E-state index contributed by atoms with van der Waals surface area (Å²) in [5.74, 6) is -0.507. The lowest BCUT2D eigenvalue weighted by molar-refractivity contribution is 0.251. The van der Waals surface area contributed by atoms with Crippen molar-refractivity contribution in [2.24, 2.45) is 0 Å². The number of piperazine rings is 1. The molecule has 0 bridgehead atoms. The van der Waals surface area contributed by atoms with Crippen molar-refractivity contribution in [3.05, 3.63) is 44.8 Å². The van der Waals surface area contributed by atoms with Gasteiger partial charge in [-0.2, -0.15) is 0 Å². The molecular formula is C16H19BrFN3O2S2. The van der Waals surface area contributed by atoms with E-state index in [4.69, 9.17) is 0 Å². The molecule has 0 spiro atoms. The molecular weight excluding hydrogens is 429 g/mol. The maximum atomic E-state index is 14.4. The fourth-order valence-electron chi connectivity index (χ4n) is 2.83. The first kappa shape index (κ1) is 18.8. The van der Waals surface area contributed by atoms with Crippen molar-refractivity contribution >= 4 is 43.0 Å². The van der Waals surface area contributed by atoms with E-state index >= 15 is 0 Å². The van der Waals surface area contributed by atoms with Gasteiger partial charge in [0, 0.05) is 37.6 Å². The van der Waals surface area contributed by atoms with Crippen LogP contribution in [-0.4, -0.2) is 46.5 Å². The van der Waals surface area contributed by atoms with Gasteiger partial charge in [-0.3, -0.25) is 4.90 Å². The van der Waals surface area contributed by atoms with Crippen LogP contribution >= 0.6 is 27.3 Å². The van der Waals surface area contributed by atoms with Gasteiger partial charge in [0.05, 0.1) is 14.4 Å². The smallest absolute Gasteiger partial charge is 0.240 e. The lowest BCUT2D eigenvalue weighted by atomic mass is 10.2. The van der Waals surface area contributed by atoms with Gasteiger partial charge in [0.15, 0.2) is 0 Å². The third kappa shape index (κ3) is 4.40. The molecule has 1 aliphatic rings. The number of halogens is 2. The summed E-state index contributed by atoms with van der Waals surface area (Å²) in [6.07, 6.45) is 0. The molecule has 5 nitrogen and oxygen atoms in total. The molecule has 1 saturated heterocycles. The van der Waals surface area contributed by atoms with E-state index in [1.165, 1.54) is 18.0 Å². The summed E-state index contributed by atoms with van der Waals surface area (Å²) in [5.41, 5.74) is 0.452. The van der Waals surface area contributed by atoms with Gasteiger partial charge in [-0.15, -0.1) is 11.3 Å². The Hall–Kier alpha value is -1.00. The van der Waals surface area contributed by atoms with Crippen molar-refractivity contribution < 1.29 is 12.8 Å². The maximum Gasteiger partial charge on any atom is 0.240 e. The van der Waals surface area contributed by atoms with Crippen LogP contribution in [0.3, 0.4) is 0 Å². The summed E-state index contributed by atoms with van der Waals surface area (Å²) in [4.78, 5) is 5.55. The Bertz CT molecular complexity index is 849. The van der Waals surface area contributed by atoms with Crippen LogP contribution in [-0.2, 0) is 16.6 Å². The molecule has 0 amide bonds. The van der Waals surface area contributed by atoms with Crippen LogP contribution in [0.25, 0.3) is 0 Å². The predicted molar refractivity (Wildman–Crippen MR) is 102 cm³/mol. The van der Waals surface area contributed by atoms with E-state index in [1.807, 2.05) is 11.0 Å². The van der Waals surface area contributed by atoms with E-state index in [9.17, 15) is 12.8 Å². The van der Waals surface area contributed by atoms with Gasteiger partial charge in [-0.1, -0.05) is 0 Å². The zero-order chi connectivity index (χ0) is 18.0. The van der Waals surface area contributed by atoms with E-state index in [2.05, 4.69) is 31.6 Å². The fourth-order valence-corrected chi connectivity index (χ4v) is 5.10. The second kappa shape index (κ2) is 7.71. The quantitative estimate of drug-likeness (QED) is 0.765. The minimum absolute atomic E-state index is 0.0573. The van der Waals surface area contributed by atoms with Crippen molar-refractivity contribution in [3.8, 4) is 0 Å². The largest absolute Gasteiger partial charge is 0.367 e. The highest BCUT2D eigenvalue weighted by Crippen LogP contribution is 2.26. The lowest BCUT2D eigenvalue weighted by Crippen LogP contribution is -2.46. The summed E-state index contributed by atoms with van der Waals surface area (Å²) in [6, 6.07) is 8.23. The number of sulfonamides is 1. The normalized spacial score (nSPS) is 16.4. The minimum Gasteiger partial charge on any atom is -0.367 e. The van der Waals surface area contributed by atoms with Crippen molar-refractivity contribution in [3.63, 3.8) is 0 Å². The van der Waals surface area contributed by atoms with Crippen LogP contribution in [0.1, 0.15) is 4.88 Å². The van der Waals surface area contributed by atoms with E-state index in [0.29, 0.717) is 18.8 Å². The third-order valence-electron chi connectivity index (χ3n) is 4.22. The monoisotopic (exact) mass is 447 g/mol. The molecule has 9 heteroatoms. The molecule has 0 unspecified atom stereocenters. The molecule has 2 aromatic rings. The Kier molecular flexibility index (Phi) is 5.79. The minimum atomic E-state index is -3.63. The summed E-state index contributed by atoms with van der Waals surface area (Å²) >= 11 is 5.20. The molecule has 25 heavy (non-hydrogen) atoms. The van der Waals surface area contributed by atoms with Gasteiger partial charge in [0.25, 0.3) is 0 Å². The molecule has 1 aliphatic heterocycles. The second-order valence-electron chi connectivity index (χ2n) is 5.79. The first-order valence-electron chi connectivity index (χ1n) is 7.83. The summed E-state index contributed by atoms with van der Waals surface area (Å²) in [5, 5.41) is 0. The Morgan fingerprint density at radius 2 is 1.92 bits per heavy atom. The van der Waals surface area contributed by atoms with Gasteiger partial charge >= 0.3 is 0 Å². The molecule has 1 aromatic carbocycles. The van der Waals surface area contributed by atoms with Crippen LogP contribution < -0.4 is 9.62 Å². The number of benzene rings is 1. The zero-order valence-corrected chi connectivity index (χ0v) is 16.9. The fraction of sp³-hybridized carbons (Fsp3) is 0.375. The Labute approximate surface area is 159 Å². The molecule has 1 fully saturated rings. The SMILES string of the molecule is CNS(=O)(=O)c1ccc(N2CCN(Cc3ccc(Br)s3)CC2)c(F)c1.